The topological polar surface area (TPSA) is 38.3 Å². The van der Waals surface area contributed by atoms with Crippen molar-refractivity contribution in [1.82, 2.24) is 5.32 Å². The van der Waals surface area contributed by atoms with Gasteiger partial charge in [-0.2, -0.15) is 0 Å². The van der Waals surface area contributed by atoms with Gasteiger partial charge in [-0.1, -0.05) is 54.6 Å². The minimum absolute atomic E-state index is 0.206. The first-order valence-electron chi connectivity index (χ1n) is 9.26. The molecule has 1 N–H and O–H groups in total. The SMILES string of the molecule is O=C(NCCc1cccc2ccc(OCc3ccccc3)cc12)C1CC1. The van der Waals surface area contributed by atoms with Crippen LogP contribution in [0.2, 0.25) is 0 Å². The second-order valence-corrected chi connectivity index (χ2v) is 6.89. The average Bonchev–Trinajstić information content (AvgIpc) is 3.52. The zero-order chi connectivity index (χ0) is 17.8. The Morgan fingerprint density at radius 3 is 2.65 bits per heavy atom. The first kappa shape index (κ1) is 16.6. The van der Waals surface area contributed by atoms with E-state index >= 15 is 0 Å². The van der Waals surface area contributed by atoms with E-state index in [9.17, 15) is 4.79 Å². The Morgan fingerprint density at radius 2 is 1.85 bits per heavy atom. The van der Waals surface area contributed by atoms with Gasteiger partial charge in [0.25, 0.3) is 0 Å². The van der Waals surface area contributed by atoms with Crippen molar-refractivity contribution in [2.75, 3.05) is 6.54 Å². The summed E-state index contributed by atoms with van der Waals surface area (Å²) in [6.07, 6.45) is 2.92. The number of rotatable bonds is 7. The molecule has 1 aliphatic rings. The number of benzene rings is 3. The van der Waals surface area contributed by atoms with Crippen LogP contribution in [-0.4, -0.2) is 12.5 Å². The number of ether oxygens (including phenoxy) is 1. The molecule has 1 saturated carbocycles. The molecule has 3 aromatic carbocycles. The zero-order valence-electron chi connectivity index (χ0n) is 14.8. The highest BCUT2D eigenvalue weighted by atomic mass is 16.5. The molecule has 4 rings (SSSR count). The van der Waals surface area contributed by atoms with Gasteiger partial charge in [0.05, 0.1) is 0 Å². The highest BCUT2D eigenvalue weighted by Crippen LogP contribution is 2.29. The Morgan fingerprint density at radius 1 is 1.00 bits per heavy atom. The number of hydrogen-bond donors (Lipinski definition) is 1. The van der Waals surface area contributed by atoms with E-state index < -0.39 is 0 Å². The maximum Gasteiger partial charge on any atom is 0.223 e. The predicted octanol–water partition coefficient (Wildman–Crippen LogP) is 4.49. The van der Waals surface area contributed by atoms with Gasteiger partial charge in [0.2, 0.25) is 5.91 Å². The van der Waals surface area contributed by atoms with Crippen LogP contribution in [0, 0.1) is 5.92 Å². The highest BCUT2D eigenvalue weighted by Gasteiger charge is 2.28. The molecular weight excluding hydrogens is 322 g/mol. The van der Waals surface area contributed by atoms with Crippen molar-refractivity contribution in [2.24, 2.45) is 5.92 Å². The summed E-state index contributed by atoms with van der Waals surface area (Å²) in [5.41, 5.74) is 2.40. The molecule has 26 heavy (non-hydrogen) atoms. The molecule has 1 fully saturated rings. The van der Waals surface area contributed by atoms with Gasteiger partial charge in [-0.05, 0) is 53.3 Å². The molecule has 0 radical (unpaired) electrons. The van der Waals surface area contributed by atoms with Crippen molar-refractivity contribution in [1.29, 1.82) is 0 Å². The van der Waals surface area contributed by atoms with Crippen LogP contribution >= 0.6 is 0 Å². The van der Waals surface area contributed by atoms with Crippen molar-refractivity contribution in [3.63, 3.8) is 0 Å². The summed E-state index contributed by atoms with van der Waals surface area (Å²) < 4.78 is 5.97. The fraction of sp³-hybridized carbons (Fsp3) is 0.261. The molecule has 0 bridgehead atoms. The lowest BCUT2D eigenvalue weighted by Crippen LogP contribution is -2.26. The lowest BCUT2D eigenvalue weighted by molar-refractivity contribution is -0.122. The first-order chi connectivity index (χ1) is 12.8. The molecule has 0 spiro atoms. The van der Waals surface area contributed by atoms with Gasteiger partial charge in [-0.15, -0.1) is 0 Å². The van der Waals surface area contributed by atoms with E-state index in [1.165, 1.54) is 16.3 Å². The fourth-order valence-electron chi connectivity index (χ4n) is 3.18. The quantitative estimate of drug-likeness (QED) is 0.685. The predicted molar refractivity (Wildman–Crippen MR) is 104 cm³/mol. The Hall–Kier alpha value is -2.81. The third-order valence-corrected chi connectivity index (χ3v) is 4.83. The van der Waals surface area contributed by atoms with E-state index in [4.69, 9.17) is 4.74 Å². The molecule has 3 aromatic rings. The molecule has 1 amide bonds. The number of hydrogen-bond acceptors (Lipinski definition) is 2. The molecule has 1 aliphatic carbocycles. The van der Waals surface area contributed by atoms with Crippen LogP contribution in [0.3, 0.4) is 0 Å². The maximum absolute atomic E-state index is 11.8. The van der Waals surface area contributed by atoms with Gasteiger partial charge in [-0.25, -0.2) is 0 Å². The molecule has 0 aromatic heterocycles. The lowest BCUT2D eigenvalue weighted by atomic mass is 10.0. The van der Waals surface area contributed by atoms with E-state index in [2.05, 4.69) is 47.8 Å². The number of fused-ring (bicyclic) bond motifs is 1. The summed E-state index contributed by atoms with van der Waals surface area (Å²) in [5.74, 6) is 1.34. The molecule has 0 aliphatic heterocycles. The Labute approximate surface area is 154 Å². The van der Waals surface area contributed by atoms with Gasteiger partial charge in [-0.3, -0.25) is 4.79 Å². The third kappa shape index (κ3) is 4.05. The van der Waals surface area contributed by atoms with Crippen molar-refractivity contribution in [3.05, 3.63) is 77.9 Å². The molecule has 0 heterocycles. The number of nitrogens with one attached hydrogen (secondary N) is 1. The summed E-state index contributed by atoms with van der Waals surface area (Å²) in [4.78, 5) is 11.8. The monoisotopic (exact) mass is 345 g/mol. The van der Waals surface area contributed by atoms with Gasteiger partial charge in [0.15, 0.2) is 0 Å². The van der Waals surface area contributed by atoms with Gasteiger partial charge < -0.3 is 10.1 Å². The zero-order valence-corrected chi connectivity index (χ0v) is 14.8. The van der Waals surface area contributed by atoms with Crippen molar-refractivity contribution in [2.45, 2.75) is 25.9 Å². The van der Waals surface area contributed by atoms with Crippen LogP contribution in [0.25, 0.3) is 10.8 Å². The largest absolute Gasteiger partial charge is 0.489 e. The fourth-order valence-corrected chi connectivity index (χ4v) is 3.18. The molecular formula is C23H23NO2. The molecule has 0 atom stereocenters. The van der Waals surface area contributed by atoms with E-state index in [-0.39, 0.29) is 11.8 Å². The van der Waals surface area contributed by atoms with E-state index in [1.54, 1.807) is 0 Å². The molecule has 3 nitrogen and oxygen atoms in total. The van der Waals surface area contributed by atoms with Gasteiger partial charge in [0, 0.05) is 12.5 Å². The summed E-state index contributed by atoms with van der Waals surface area (Å²) >= 11 is 0. The normalized spacial score (nSPS) is 13.5. The summed E-state index contributed by atoms with van der Waals surface area (Å²) in [6, 6.07) is 22.7. The van der Waals surface area contributed by atoms with E-state index in [0.717, 1.165) is 30.6 Å². The minimum atomic E-state index is 0.206. The summed E-state index contributed by atoms with van der Waals surface area (Å²) in [5, 5.41) is 5.44. The van der Waals surface area contributed by atoms with Crippen LogP contribution in [0.1, 0.15) is 24.0 Å². The summed E-state index contributed by atoms with van der Waals surface area (Å²) in [7, 11) is 0. The summed E-state index contributed by atoms with van der Waals surface area (Å²) in [6.45, 7) is 1.25. The molecule has 3 heteroatoms. The van der Waals surface area contributed by atoms with Crippen LogP contribution in [-0.2, 0) is 17.8 Å². The van der Waals surface area contributed by atoms with Crippen molar-refractivity contribution >= 4 is 16.7 Å². The standard InChI is InChI=1S/C23H23NO2/c25-23(20-9-10-20)24-14-13-19-8-4-7-18-11-12-21(15-22(18)19)26-16-17-5-2-1-3-6-17/h1-8,11-12,15,20H,9-10,13-14,16H2,(H,24,25). The molecule has 132 valence electrons. The highest BCUT2D eigenvalue weighted by molar-refractivity contribution is 5.87. The van der Waals surface area contributed by atoms with Crippen LogP contribution in [0.4, 0.5) is 0 Å². The Balaban J connectivity index is 1.45. The smallest absolute Gasteiger partial charge is 0.223 e. The number of amides is 1. The second-order valence-electron chi connectivity index (χ2n) is 6.89. The van der Waals surface area contributed by atoms with Gasteiger partial charge >= 0.3 is 0 Å². The first-order valence-corrected chi connectivity index (χ1v) is 9.26. The van der Waals surface area contributed by atoms with E-state index in [0.29, 0.717) is 13.2 Å². The number of carbonyl (C=O) groups is 1. The maximum atomic E-state index is 11.8. The lowest BCUT2D eigenvalue weighted by Gasteiger charge is -2.11. The van der Waals surface area contributed by atoms with Crippen LogP contribution in [0.15, 0.2) is 66.7 Å². The minimum Gasteiger partial charge on any atom is -0.489 e. The number of carbonyl (C=O) groups excluding carboxylic acids is 1. The average molecular weight is 345 g/mol. The molecule has 0 saturated heterocycles. The van der Waals surface area contributed by atoms with Crippen molar-refractivity contribution in [3.8, 4) is 5.75 Å². The Kier molecular flexibility index (Phi) is 4.87. The van der Waals surface area contributed by atoms with Crippen molar-refractivity contribution < 1.29 is 9.53 Å². The van der Waals surface area contributed by atoms with E-state index in [1.807, 2.05) is 24.3 Å². The van der Waals surface area contributed by atoms with Crippen LogP contribution < -0.4 is 10.1 Å². The third-order valence-electron chi connectivity index (χ3n) is 4.83. The second kappa shape index (κ2) is 7.61. The molecule has 0 unspecified atom stereocenters. The van der Waals surface area contributed by atoms with Crippen LogP contribution in [0.5, 0.6) is 5.75 Å². The Bertz CT molecular complexity index is 900. The van der Waals surface area contributed by atoms with Gasteiger partial charge in [0.1, 0.15) is 12.4 Å².